The Morgan fingerprint density at radius 3 is 2.76 bits per heavy atom. The van der Waals surface area contributed by atoms with Gasteiger partial charge in [0, 0.05) is 24.7 Å². The van der Waals surface area contributed by atoms with Crippen LogP contribution in [-0.4, -0.2) is 68.8 Å². The Labute approximate surface area is 202 Å². The number of hydrogen-bond acceptors (Lipinski definition) is 7. The van der Waals surface area contributed by atoms with Gasteiger partial charge in [-0.25, -0.2) is 27.8 Å². The zero-order chi connectivity index (χ0) is 24.4. The Balaban J connectivity index is 1.51. The normalized spacial score (nSPS) is 23.4. The third-order valence-electron chi connectivity index (χ3n) is 6.78. The molecule has 182 valence electrons. The summed E-state index contributed by atoms with van der Waals surface area (Å²) in [5.41, 5.74) is 3.08. The number of anilines is 1. The summed E-state index contributed by atoms with van der Waals surface area (Å²) >= 11 is 6.48. The second kappa shape index (κ2) is 8.40. The minimum Gasteiger partial charge on any atom is -0.390 e. The molecule has 4 heterocycles. The first kappa shape index (κ1) is 23.4. The lowest BCUT2D eigenvalue weighted by Crippen LogP contribution is -2.51. The maximum absolute atomic E-state index is 15.1. The lowest BCUT2D eigenvalue weighted by atomic mass is 9.93. The fourth-order valence-corrected chi connectivity index (χ4v) is 6.11. The van der Waals surface area contributed by atoms with Gasteiger partial charge in [-0.1, -0.05) is 11.6 Å². The Kier molecular flexibility index (Phi) is 5.78. The van der Waals surface area contributed by atoms with Gasteiger partial charge in [-0.15, -0.1) is 0 Å². The van der Waals surface area contributed by atoms with Crippen LogP contribution in [0.4, 0.5) is 10.3 Å². The average Bonchev–Trinajstić information content (AvgIpc) is 3.13. The van der Waals surface area contributed by atoms with Crippen LogP contribution in [0, 0.1) is 12.7 Å². The molecule has 1 fully saturated rings. The van der Waals surface area contributed by atoms with Crippen molar-refractivity contribution in [1.29, 1.82) is 0 Å². The molecular weight excluding hydrogens is 483 g/mol. The first-order valence-corrected chi connectivity index (χ1v) is 13.4. The maximum Gasteiger partial charge on any atom is 0.223 e. The van der Waals surface area contributed by atoms with Crippen LogP contribution in [0.5, 0.6) is 0 Å². The predicted molar refractivity (Wildman–Crippen MR) is 128 cm³/mol. The smallest absolute Gasteiger partial charge is 0.223 e. The van der Waals surface area contributed by atoms with E-state index in [2.05, 4.69) is 31.8 Å². The van der Waals surface area contributed by atoms with Gasteiger partial charge in [-0.05, 0) is 44.7 Å². The molecule has 0 amide bonds. The van der Waals surface area contributed by atoms with Gasteiger partial charge in [-0.3, -0.25) is 0 Å². The molecule has 5 rings (SSSR count). The highest BCUT2D eigenvalue weighted by atomic mass is 35.5. The van der Waals surface area contributed by atoms with Crippen molar-refractivity contribution in [1.82, 2.24) is 23.8 Å². The molecule has 3 atom stereocenters. The Morgan fingerprint density at radius 1 is 1.29 bits per heavy atom. The Hall–Kier alpha value is -2.34. The quantitative estimate of drug-likeness (QED) is 0.557. The number of halogens is 2. The summed E-state index contributed by atoms with van der Waals surface area (Å²) < 4.78 is 42.0. The van der Waals surface area contributed by atoms with Crippen molar-refractivity contribution in [3.8, 4) is 11.3 Å². The van der Waals surface area contributed by atoms with Crippen molar-refractivity contribution in [3.05, 3.63) is 34.5 Å². The van der Waals surface area contributed by atoms with E-state index in [0.29, 0.717) is 23.2 Å². The second-order valence-electron chi connectivity index (χ2n) is 9.12. The summed E-state index contributed by atoms with van der Waals surface area (Å²) in [5, 5.41) is 13.9. The number of nitrogens with zero attached hydrogens (tertiary/aromatic N) is 5. The van der Waals surface area contributed by atoms with Crippen LogP contribution >= 0.6 is 11.6 Å². The molecular formula is C22H26ClFN6O3S. The van der Waals surface area contributed by atoms with E-state index in [9.17, 15) is 13.5 Å². The van der Waals surface area contributed by atoms with Crippen molar-refractivity contribution in [2.24, 2.45) is 0 Å². The summed E-state index contributed by atoms with van der Waals surface area (Å²) in [7, 11) is -3.38. The van der Waals surface area contributed by atoms with Crippen molar-refractivity contribution in [2.75, 3.05) is 24.7 Å². The van der Waals surface area contributed by atoms with Gasteiger partial charge in [0.1, 0.15) is 11.3 Å². The Morgan fingerprint density at radius 2 is 2.06 bits per heavy atom. The van der Waals surface area contributed by atoms with Crippen molar-refractivity contribution in [2.45, 2.75) is 51.3 Å². The van der Waals surface area contributed by atoms with Crippen molar-refractivity contribution >= 4 is 38.6 Å². The molecule has 1 saturated heterocycles. The number of β-amino-alcohol motifs (C(OH)–C–C–N with tert-alkyl or cyclic N) is 1. The highest BCUT2D eigenvalue weighted by molar-refractivity contribution is 7.88. The average molecular weight is 509 g/mol. The molecule has 2 aromatic heterocycles. The van der Waals surface area contributed by atoms with Gasteiger partial charge in [0.2, 0.25) is 16.0 Å². The van der Waals surface area contributed by atoms with Crippen molar-refractivity contribution in [3.63, 3.8) is 0 Å². The third kappa shape index (κ3) is 3.94. The lowest BCUT2D eigenvalue weighted by molar-refractivity contribution is 0.0950. The largest absolute Gasteiger partial charge is 0.390 e. The molecule has 0 saturated carbocycles. The third-order valence-corrected chi connectivity index (χ3v) is 8.32. The van der Waals surface area contributed by atoms with Crippen LogP contribution in [0.2, 0.25) is 5.02 Å². The number of hydrogen-bond donors (Lipinski definition) is 2. The van der Waals surface area contributed by atoms with Gasteiger partial charge in [0.25, 0.3) is 0 Å². The van der Waals surface area contributed by atoms with E-state index < -0.39 is 28.0 Å². The van der Waals surface area contributed by atoms with Crippen LogP contribution in [-0.2, 0) is 16.4 Å². The summed E-state index contributed by atoms with van der Waals surface area (Å²) in [6.45, 7) is 4.25. The minimum absolute atomic E-state index is 0.00943. The van der Waals surface area contributed by atoms with E-state index in [1.165, 1.54) is 16.6 Å². The fraction of sp³-hybridized carbons (Fsp3) is 0.500. The van der Waals surface area contributed by atoms with Crippen molar-refractivity contribution < 1.29 is 17.9 Å². The molecule has 0 bridgehead atoms. The number of rotatable bonds is 4. The summed E-state index contributed by atoms with van der Waals surface area (Å²) in [5.74, 6) is 0.570. The number of aromatic nitrogens is 4. The molecule has 12 heteroatoms. The molecule has 1 aromatic carbocycles. The molecule has 2 aliphatic heterocycles. The van der Waals surface area contributed by atoms with Crippen LogP contribution in [0.15, 0.2) is 12.3 Å². The number of benzene rings is 1. The Bertz CT molecular complexity index is 1400. The van der Waals surface area contributed by atoms with Crippen LogP contribution in [0.1, 0.15) is 37.2 Å². The van der Waals surface area contributed by atoms with Gasteiger partial charge in [0.05, 0.1) is 40.8 Å². The summed E-state index contributed by atoms with van der Waals surface area (Å²) in [6, 6.07) is 1.21. The minimum atomic E-state index is -3.38. The van der Waals surface area contributed by atoms with Crippen LogP contribution in [0.25, 0.3) is 22.3 Å². The van der Waals surface area contributed by atoms with Crippen LogP contribution < -0.4 is 5.32 Å². The molecule has 0 spiro atoms. The van der Waals surface area contributed by atoms with Crippen LogP contribution in [0.3, 0.4) is 0 Å². The highest BCUT2D eigenvalue weighted by Crippen LogP contribution is 2.40. The molecule has 0 aliphatic carbocycles. The van der Waals surface area contributed by atoms with E-state index in [1.54, 1.807) is 0 Å². The first-order chi connectivity index (χ1) is 16.0. The van der Waals surface area contributed by atoms with E-state index >= 15 is 4.39 Å². The number of aryl methyl sites for hydroxylation is 2. The number of imidazole rings is 1. The zero-order valence-electron chi connectivity index (χ0n) is 19.1. The van der Waals surface area contributed by atoms with Gasteiger partial charge in [0.15, 0.2) is 5.82 Å². The topological polar surface area (TPSA) is 113 Å². The standard InChI is InChI=1S/C22H26ClFN6O3S/c1-11-4-5-13-14(8-16(24)20-21(13)30(11)12(2)26-20)19-15(23)9-25-22(28-19)27-17-6-7-29(10-18(17)31)34(3,32)33/h8-9,11,17-18,31H,4-7,10H2,1-3H3,(H,25,27,28). The summed E-state index contributed by atoms with van der Waals surface area (Å²) in [4.78, 5) is 13.3. The molecule has 3 unspecified atom stereocenters. The SMILES string of the molecule is Cc1nc2c(F)cc(-c3nc(NC4CCN(S(C)(=O)=O)CC4O)ncc3Cl)c3c2n1C(C)CC3. The number of aliphatic hydroxyl groups excluding tert-OH is 1. The van der Waals surface area contributed by atoms with E-state index in [0.717, 1.165) is 36.0 Å². The predicted octanol–water partition coefficient (Wildman–Crippen LogP) is 2.91. The number of nitrogens with one attached hydrogen (secondary N) is 1. The first-order valence-electron chi connectivity index (χ1n) is 11.2. The molecule has 34 heavy (non-hydrogen) atoms. The van der Waals surface area contributed by atoms with E-state index in [1.807, 2.05) is 6.92 Å². The summed E-state index contributed by atoms with van der Waals surface area (Å²) in [6.07, 6.45) is 3.66. The van der Waals surface area contributed by atoms with Gasteiger partial charge < -0.3 is 15.0 Å². The number of piperidine rings is 1. The molecule has 2 aliphatic rings. The molecule has 0 radical (unpaired) electrons. The van der Waals surface area contributed by atoms with E-state index in [4.69, 9.17) is 11.6 Å². The van der Waals surface area contributed by atoms with Gasteiger partial charge in [-0.2, -0.15) is 4.31 Å². The number of sulfonamides is 1. The maximum atomic E-state index is 15.1. The zero-order valence-corrected chi connectivity index (χ0v) is 20.7. The fourth-order valence-electron chi connectivity index (χ4n) is 5.06. The molecule has 9 nitrogen and oxygen atoms in total. The molecule has 2 N–H and O–H groups in total. The lowest BCUT2D eigenvalue weighted by Gasteiger charge is -2.34. The molecule has 3 aromatic rings. The highest BCUT2D eigenvalue weighted by Gasteiger charge is 2.33. The second-order valence-corrected chi connectivity index (χ2v) is 11.5. The van der Waals surface area contributed by atoms with Gasteiger partial charge >= 0.3 is 0 Å². The monoisotopic (exact) mass is 508 g/mol. The van der Waals surface area contributed by atoms with E-state index in [-0.39, 0.29) is 30.1 Å². The number of aliphatic hydroxyl groups is 1.